The third-order valence-corrected chi connectivity index (χ3v) is 5.73. The van der Waals surface area contributed by atoms with Gasteiger partial charge in [0.05, 0.1) is 35.2 Å². The van der Waals surface area contributed by atoms with Gasteiger partial charge in [-0.1, -0.05) is 48.0 Å². The molecule has 11 heteroatoms. The number of methoxy groups -OCH3 is 1. The van der Waals surface area contributed by atoms with Crippen LogP contribution in [0.1, 0.15) is 5.56 Å². The van der Waals surface area contributed by atoms with Crippen LogP contribution < -0.4 is 21.1 Å². The second kappa shape index (κ2) is 9.88. The maximum atomic E-state index is 12.6. The quantitative estimate of drug-likeness (QED) is 0.265. The van der Waals surface area contributed by atoms with Crippen LogP contribution >= 0.6 is 11.6 Å². The lowest BCUT2D eigenvalue weighted by Crippen LogP contribution is -2.29. The number of H-pyrrole nitrogens is 1. The van der Waals surface area contributed by atoms with E-state index in [9.17, 15) is 4.79 Å². The van der Waals surface area contributed by atoms with Crippen LogP contribution in [-0.2, 0) is 6.54 Å². The number of urea groups is 1. The molecule has 5 rings (SSSR count). The number of ether oxygens (including phenoxy) is 1. The highest BCUT2D eigenvalue weighted by Crippen LogP contribution is 2.35. The van der Waals surface area contributed by atoms with E-state index in [1.807, 2.05) is 42.5 Å². The minimum absolute atomic E-state index is 0.0781. The summed E-state index contributed by atoms with van der Waals surface area (Å²) in [7, 11) is 1.54. The molecule has 0 aliphatic rings. The molecule has 5 aromatic rings. The van der Waals surface area contributed by atoms with Crippen molar-refractivity contribution in [3.8, 4) is 28.4 Å². The highest BCUT2D eigenvalue weighted by Gasteiger charge is 2.18. The van der Waals surface area contributed by atoms with Crippen LogP contribution in [-0.4, -0.2) is 38.3 Å². The van der Waals surface area contributed by atoms with Crippen LogP contribution in [0.5, 0.6) is 5.88 Å². The van der Waals surface area contributed by atoms with Crippen LogP contribution in [0.15, 0.2) is 67.0 Å². The van der Waals surface area contributed by atoms with Gasteiger partial charge in [-0.3, -0.25) is 10.4 Å². The fourth-order valence-electron chi connectivity index (χ4n) is 3.66. The fourth-order valence-corrected chi connectivity index (χ4v) is 3.93. The van der Waals surface area contributed by atoms with E-state index in [-0.39, 0.29) is 18.2 Å². The van der Waals surface area contributed by atoms with Crippen molar-refractivity contribution >= 4 is 40.2 Å². The predicted octanol–water partition coefficient (Wildman–Crippen LogP) is 4.65. The molecule has 180 valence electrons. The summed E-state index contributed by atoms with van der Waals surface area (Å²) >= 11 is 6.49. The Labute approximate surface area is 210 Å². The van der Waals surface area contributed by atoms with Crippen molar-refractivity contribution in [2.75, 3.05) is 18.2 Å². The summed E-state index contributed by atoms with van der Waals surface area (Å²) < 4.78 is 5.05. The molecule has 0 saturated carbocycles. The van der Waals surface area contributed by atoms with E-state index in [4.69, 9.17) is 27.1 Å². The molecule has 0 aliphatic heterocycles. The summed E-state index contributed by atoms with van der Waals surface area (Å²) in [6, 6.07) is 16.2. The van der Waals surface area contributed by atoms with Gasteiger partial charge in [0, 0.05) is 35.3 Å². The van der Waals surface area contributed by atoms with E-state index in [2.05, 4.69) is 30.8 Å². The van der Waals surface area contributed by atoms with Gasteiger partial charge in [0.15, 0.2) is 11.6 Å². The van der Waals surface area contributed by atoms with E-state index in [1.54, 1.807) is 24.5 Å². The van der Waals surface area contributed by atoms with Gasteiger partial charge in [-0.2, -0.15) is 5.10 Å². The highest BCUT2D eigenvalue weighted by atomic mass is 35.5. The van der Waals surface area contributed by atoms with Gasteiger partial charge in [0.1, 0.15) is 0 Å². The number of nitrogens with one attached hydrogen (secondary N) is 3. The minimum atomic E-state index is -0.492. The Balaban J connectivity index is 1.47. The molecule has 0 unspecified atom stereocenters. The van der Waals surface area contributed by atoms with Gasteiger partial charge in [-0.05, 0) is 17.7 Å². The van der Waals surface area contributed by atoms with Gasteiger partial charge in [0.2, 0.25) is 5.88 Å². The first-order valence-electron chi connectivity index (χ1n) is 10.9. The number of nitrogens with zero attached hydrogens (tertiary/aromatic N) is 4. The van der Waals surface area contributed by atoms with E-state index in [0.29, 0.717) is 27.9 Å². The number of rotatable bonds is 6. The predicted molar refractivity (Wildman–Crippen MR) is 139 cm³/mol. The molecule has 0 saturated heterocycles. The zero-order chi connectivity index (χ0) is 25.1. The largest absolute Gasteiger partial charge is 0.481 e. The van der Waals surface area contributed by atoms with E-state index in [1.165, 1.54) is 7.11 Å². The fraction of sp³-hybridized carbons (Fsp3) is 0.0800. The van der Waals surface area contributed by atoms with E-state index >= 15 is 0 Å². The molecule has 0 atom stereocenters. The number of pyridine rings is 1. The Hall–Kier alpha value is -4.70. The van der Waals surface area contributed by atoms with Crippen LogP contribution in [0.2, 0.25) is 5.02 Å². The Morgan fingerprint density at radius 3 is 2.61 bits per heavy atom. The maximum Gasteiger partial charge on any atom is 0.320 e. The van der Waals surface area contributed by atoms with Gasteiger partial charge in [-0.15, -0.1) is 0 Å². The van der Waals surface area contributed by atoms with E-state index in [0.717, 1.165) is 22.0 Å². The summed E-state index contributed by atoms with van der Waals surface area (Å²) in [5.74, 6) is 0.693. The number of hydrogen-bond donors (Lipinski definition) is 4. The average molecular weight is 501 g/mol. The molecule has 0 aliphatic carbocycles. The summed E-state index contributed by atoms with van der Waals surface area (Å²) in [6.07, 6.45) is 3.30. The van der Waals surface area contributed by atoms with Crippen molar-refractivity contribution in [1.29, 1.82) is 0 Å². The Bertz CT molecular complexity index is 1540. The summed E-state index contributed by atoms with van der Waals surface area (Å²) in [5, 5.41) is 13.7. The van der Waals surface area contributed by atoms with Crippen molar-refractivity contribution in [3.05, 3.63) is 77.6 Å². The van der Waals surface area contributed by atoms with Crippen molar-refractivity contribution in [2.24, 2.45) is 0 Å². The Kier molecular flexibility index (Phi) is 6.33. The van der Waals surface area contributed by atoms with Crippen molar-refractivity contribution in [3.63, 3.8) is 0 Å². The molecule has 0 spiro atoms. The smallest absolute Gasteiger partial charge is 0.320 e. The van der Waals surface area contributed by atoms with Gasteiger partial charge in [-0.25, -0.2) is 19.7 Å². The van der Waals surface area contributed by atoms with Gasteiger partial charge >= 0.3 is 6.03 Å². The third kappa shape index (κ3) is 4.75. The number of aromatic amines is 1. The number of benzene rings is 2. The first-order chi connectivity index (χ1) is 17.5. The molecule has 2 aromatic carbocycles. The normalized spacial score (nSPS) is 10.8. The summed E-state index contributed by atoms with van der Waals surface area (Å²) in [6.45, 7) is 0.248. The monoisotopic (exact) mass is 500 g/mol. The molecule has 10 nitrogen and oxygen atoms in total. The number of amides is 2. The lowest BCUT2D eigenvalue weighted by atomic mass is 10.0. The number of nitrogens with two attached hydrogens (primary N) is 1. The molecule has 5 N–H and O–H groups in total. The van der Waals surface area contributed by atoms with E-state index < -0.39 is 6.03 Å². The van der Waals surface area contributed by atoms with Crippen molar-refractivity contribution in [1.82, 2.24) is 30.5 Å². The molecule has 0 fully saturated rings. The molecular formula is C25H21ClN8O2. The zero-order valence-corrected chi connectivity index (χ0v) is 19.9. The Morgan fingerprint density at radius 1 is 1.06 bits per heavy atom. The van der Waals surface area contributed by atoms with Crippen LogP contribution in [0.3, 0.4) is 0 Å². The number of nitrogen functional groups attached to an aromatic ring is 1. The molecule has 3 heterocycles. The third-order valence-electron chi connectivity index (χ3n) is 5.44. The SMILES string of the molecule is COc1ccc(CNC(=O)Nc2nc(-c3cc(Cl)c4[nH]ncc4c3)c(-c3ccccc3)nc2N)cn1. The molecule has 2 amide bonds. The van der Waals surface area contributed by atoms with Crippen LogP contribution in [0, 0.1) is 0 Å². The van der Waals surface area contributed by atoms with Crippen LogP contribution in [0.25, 0.3) is 33.4 Å². The molecule has 0 radical (unpaired) electrons. The van der Waals surface area contributed by atoms with Crippen molar-refractivity contribution in [2.45, 2.75) is 6.54 Å². The molecule has 3 aromatic heterocycles. The first kappa shape index (κ1) is 23.1. The number of carbonyl (C=O) groups excluding carboxylic acids is 1. The number of carbonyl (C=O) groups is 1. The topological polar surface area (TPSA) is 144 Å². The minimum Gasteiger partial charge on any atom is -0.481 e. The summed E-state index contributed by atoms with van der Waals surface area (Å²) in [5.41, 5.74) is 10.3. The molecule has 36 heavy (non-hydrogen) atoms. The first-order valence-corrected chi connectivity index (χ1v) is 11.3. The number of aromatic nitrogens is 5. The lowest BCUT2D eigenvalue weighted by molar-refractivity contribution is 0.251. The molecule has 0 bridgehead atoms. The average Bonchev–Trinajstić information content (AvgIpc) is 3.39. The van der Waals surface area contributed by atoms with Gasteiger partial charge < -0.3 is 15.8 Å². The highest BCUT2D eigenvalue weighted by molar-refractivity contribution is 6.35. The van der Waals surface area contributed by atoms with Crippen LogP contribution in [0.4, 0.5) is 16.4 Å². The number of hydrogen-bond acceptors (Lipinski definition) is 7. The van der Waals surface area contributed by atoms with Crippen molar-refractivity contribution < 1.29 is 9.53 Å². The maximum absolute atomic E-state index is 12.6. The molecular weight excluding hydrogens is 480 g/mol. The lowest BCUT2D eigenvalue weighted by Gasteiger charge is -2.14. The number of fused-ring (bicyclic) bond motifs is 1. The second-order valence-electron chi connectivity index (χ2n) is 7.83. The number of halogens is 1. The number of anilines is 2. The Morgan fingerprint density at radius 2 is 1.86 bits per heavy atom. The van der Waals surface area contributed by atoms with Gasteiger partial charge in [0.25, 0.3) is 0 Å². The second-order valence-corrected chi connectivity index (χ2v) is 8.24. The summed E-state index contributed by atoms with van der Waals surface area (Å²) in [4.78, 5) is 26.0. The zero-order valence-electron chi connectivity index (χ0n) is 19.1. The standard InChI is InChI=1S/C25H21ClN8O2/c1-36-19-8-7-14(11-28-19)12-29-25(35)33-24-23(27)31-21(15-5-3-2-4-6-15)22(32-24)16-9-17-13-30-34-20(17)18(26)10-16/h2-11,13H,12H2,1H3,(H2,27,31)(H,30,34)(H2,29,32,33,35).